The number of hydrogen-bond acceptors (Lipinski definition) is 5. The molecule has 124 valence electrons. The molecule has 24 heavy (non-hydrogen) atoms. The van der Waals surface area contributed by atoms with Gasteiger partial charge in [0.1, 0.15) is 17.9 Å². The molecule has 0 bridgehead atoms. The average molecular weight is 323 g/mol. The van der Waals surface area contributed by atoms with Crippen molar-refractivity contribution < 1.29 is 4.74 Å². The zero-order valence-corrected chi connectivity index (χ0v) is 13.8. The zero-order valence-electron chi connectivity index (χ0n) is 13.8. The highest BCUT2D eigenvalue weighted by molar-refractivity contribution is 5.78. The normalized spacial score (nSPS) is 15.0. The van der Waals surface area contributed by atoms with E-state index in [2.05, 4.69) is 15.3 Å². The van der Waals surface area contributed by atoms with E-state index in [1.54, 1.807) is 18.7 Å². The summed E-state index contributed by atoms with van der Waals surface area (Å²) in [5, 5.41) is 3.49. The lowest BCUT2D eigenvalue weighted by Gasteiger charge is -2.13. The minimum absolute atomic E-state index is 0.517. The molecular weight excluding hydrogens is 302 g/mol. The second kappa shape index (κ2) is 6.47. The van der Waals surface area contributed by atoms with Crippen LogP contribution in [0, 0.1) is 0 Å². The molecule has 1 fully saturated rings. The van der Waals surface area contributed by atoms with Crippen molar-refractivity contribution in [2.24, 2.45) is 0 Å². The molecular formula is C18H21N5O. The molecule has 0 radical (unpaired) electrons. The van der Waals surface area contributed by atoms with E-state index >= 15 is 0 Å². The Hall–Kier alpha value is -2.63. The van der Waals surface area contributed by atoms with Gasteiger partial charge in [-0.25, -0.2) is 9.97 Å². The lowest BCUT2D eigenvalue weighted by Crippen LogP contribution is -2.16. The lowest BCUT2D eigenvalue weighted by atomic mass is 10.2. The molecule has 0 atom stereocenters. The molecule has 2 heterocycles. The van der Waals surface area contributed by atoms with Crippen molar-refractivity contribution in [3.05, 3.63) is 36.9 Å². The fraction of sp³-hybridized carbons (Fsp3) is 0.389. The molecule has 0 amide bonds. The van der Waals surface area contributed by atoms with Gasteiger partial charge in [0.05, 0.1) is 30.0 Å². The van der Waals surface area contributed by atoms with Gasteiger partial charge in [-0.3, -0.25) is 9.55 Å². The predicted octanol–water partition coefficient (Wildman–Crippen LogP) is 3.57. The van der Waals surface area contributed by atoms with Gasteiger partial charge in [-0.05, 0) is 31.9 Å². The van der Waals surface area contributed by atoms with Gasteiger partial charge in [-0.15, -0.1) is 0 Å². The monoisotopic (exact) mass is 323 g/mol. The smallest absolute Gasteiger partial charge is 0.159 e. The van der Waals surface area contributed by atoms with E-state index in [1.165, 1.54) is 25.7 Å². The fourth-order valence-corrected chi connectivity index (χ4v) is 3.25. The first-order valence-electron chi connectivity index (χ1n) is 8.52. The average Bonchev–Trinajstić information content (AvgIpc) is 3.24. The van der Waals surface area contributed by atoms with Crippen molar-refractivity contribution in [2.75, 3.05) is 11.9 Å². The Morgan fingerprint density at radius 2 is 2.12 bits per heavy atom. The van der Waals surface area contributed by atoms with Crippen molar-refractivity contribution >= 4 is 16.9 Å². The number of nitrogens with zero attached hydrogens (tertiary/aromatic N) is 4. The van der Waals surface area contributed by atoms with Crippen molar-refractivity contribution in [2.45, 2.75) is 38.6 Å². The third-order valence-corrected chi connectivity index (χ3v) is 4.41. The first-order valence-corrected chi connectivity index (χ1v) is 8.52. The highest BCUT2D eigenvalue weighted by atomic mass is 16.5. The molecule has 3 aromatic rings. The minimum Gasteiger partial charge on any atom is -0.494 e. The lowest BCUT2D eigenvalue weighted by molar-refractivity contribution is 0.340. The van der Waals surface area contributed by atoms with Crippen LogP contribution in [0.5, 0.6) is 5.75 Å². The van der Waals surface area contributed by atoms with Crippen LogP contribution in [0.2, 0.25) is 0 Å². The van der Waals surface area contributed by atoms with Gasteiger partial charge in [-0.2, -0.15) is 0 Å². The molecule has 1 aliphatic rings. The van der Waals surface area contributed by atoms with Gasteiger partial charge in [0.15, 0.2) is 5.82 Å². The van der Waals surface area contributed by atoms with Gasteiger partial charge in [0, 0.05) is 12.1 Å². The number of ether oxygens (including phenoxy) is 1. The fourth-order valence-electron chi connectivity index (χ4n) is 3.25. The Labute approximate surface area is 140 Å². The van der Waals surface area contributed by atoms with E-state index in [9.17, 15) is 0 Å². The summed E-state index contributed by atoms with van der Waals surface area (Å²) in [7, 11) is 0. The Balaban J connectivity index is 1.64. The van der Waals surface area contributed by atoms with E-state index < -0.39 is 0 Å². The molecule has 6 heteroatoms. The summed E-state index contributed by atoms with van der Waals surface area (Å²) >= 11 is 0. The zero-order chi connectivity index (χ0) is 16.4. The van der Waals surface area contributed by atoms with Crippen molar-refractivity contribution in [1.29, 1.82) is 0 Å². The topological polar surface area (TPSA) is 64.9 Å². The maximum Gasteiger partial charge on any atom is 0.159 e. The number of imidazole rings is 1. The van der Waals surface area contributed by atoms with E-state index in [0.717, 1.165) is 28.4 Å². The number of nitrogens with one attached hydrogen (secondary N) is 1. The van der Waals surface area contributed by atoms with Crippen LogP contribution in [0.3, 0.4) is 0 Å². The third-order valence-electron chi connectivity index (χ3n) is 4.41. The van der Waals surface area contributed by atoms with Crippen molar-refractivity contribution in [1.82, 2.24) is 19.5 Å². The van der Waals surface area contributed by atoms with E-state index in [0.29, 0.717) is 12.6 Å². The van der Waals surface area contributed by atoms with Crippen LogP contribution in [0.25, 0.3) is 16.9 Å². The van der Waals surface area contributed by atoms with Crippen LogP contribution in [0.15, 0.2) is 36.9 Å². The van der Waals surface area contributed by atoms with Gasteiger partial charge < -0.3 is 10.1 Å². The van der Waals surface area contributed by atoms with Crippen LogP contribution in [-0.2, 0) is 0 Å². The number of fused-ring (bicyclic) bond motifs is 1. The van der Waals surface area contributed by atoms with Crippen molar-refractivity contribution in [3.63, 3.8) is 0 Å². The van der Waals surface area contributed by atoms with Gasteiger partial charge >= 0.3 is 0 Å². The van der Waals surface area contributed by atoms with E-state index in [-0.39, 0.29) is 0 Å². The van der Waals surface area contributed by atoms with Crippen LogP contribution in [0.1, 0.15) is 32.6 Å². The predicted molar refractivity (Wildman–Crippen MR) is 93.7 cm³/mol. The maximum absolute atomic E-state index is 5.54. The highest BCUT2D eigenvalue weighted by Crippen LogP contribution is 2.24. The van der Waals surface area contributed by atoms with Crippen molar-refractivity contribution in [3.8, 4) is 11.6 Å². The summed E-state index contributed by atoms with van der Waals surface area (Å²) < 4.78 is 7.49. The summed E-state index contributed by atoms with van der Waals surface area (Å²) in [4.78, 5) is 13.5. The maximum atomic E-state index is 5.54. The molecule has 6 nitrogen and oxygen atoms in total. The quantitative estimate of drug-likeness (QED) is 0.777. The largest absolute Gasteiger partial charge is 0.494 e. The number of rotatable bonds is 5. The number of aromatic nitrogens is 4. The number of hydrogen-bond donors (Lipinski definition) is 1. The van der Waals surface area contributed by atoms with Crippen LogP contribution >= 0.6 is 0 Å². The Morgan fingerprint density at radius 1 is 1.25 bits per heavy atom. The first-order chi connectivity index (χ1) is 11.8. The van der Waals surface area contributed by atoms with Gasteiger partial charge in [0.2, 0.25) is 0 Å². The molecule has 1 aliphatic carbocycles. The molecule has 1 N–H and O–H groups in total. The van der Waals surface area contributed by atoms with Crippen LogP contribution in [-0.4, -0.2) is 32.2 Å². The molecule has 1 saturated carbocycles. The van der Waals surface area contributed by atoms with Crippen LogP contribution in [0.4, 0.5) is 5.82 Å². The second-order valence-electron chi connectivity index (χ2n) is 6.09. The molecule has 2 aromatic heterocycles. The van der Waals surface area contributed by atoms with E-state index in [1.807, 2.05) is 29.7 Å². The Morgan fingerprint density at radius 3 is 2.96 bits per heavy atom. The molecule has 0 unspecified atom stereocenters. The minimum atomic E-state index is 0.517. The Kier molecular flexibility index (Phi) is 4.02. The summed E-state index contributed by atoms with van der Waals surface area (Å²) in [6.07, 6.45) is 10.3. The summed E-state index contributed by atoms with van der Waals surface area (Å²) in [6.45, 7) is 2.62. The summed E-state index contributed by atoms with van der Waals surface area (Å²) in [5.41, 5.74) is 1.88. The highest BCUT2D eigenvalue weighted by Gasteiger charge is 2.15. The standard InChI is InChI=1S/C18H21N5O/c1-2-24-14-7-8-16-15(9-14)20-12-23(16)18-11-19-10-17(22-18)21-13-5-3-4-6-13/h7-13H,2-6H2,1H3,(H,21,22). The molecule has 0 saturated heterocycles. The summed E-state index contributed by atoms with van der Waals surface area (Å²) in [5.74, 6) is 2.43. The SMILES string of the molecule is CCOc1ccc2c(c1)ncn2-c1cncc(NC2CCCC2)n1. The molecule has 4 rings (SSSR count). The van der Waals surface area contributed by atoms with E-state index in [4.69, 9.17) is 9.72 Å². The number of benzene rings is 1. The van der Waals surface area contributed by atoms with Crippen LogP contribution < -0.4 is 10.1 Å². The molecule has 0 aliphatic heterocycles. The number of anilines is 1. The second-order valence-corrected chi connectivity index (χ2v) is 6.09. The summed E-state index contributed by atoms with van der Waals surface area (Å²) in [6, 6.07) is 6.43. The third kappa shape index (κ3) is 2.91. The first kappa shape index (κ1) is 14.9. The van der Waals surface area contributed by atoms with Gasteiger partial charge in [-0.1, -0.05) is 12.8 Å². The Bertz CT molecular complexity index is 838. The molecule has 0 spiro atoms. The van der Waals surface area contributed by atoms with Gasteiger partial charge in [0.25, 0.3) is 0 Å². The molecule has 1 aromatic carbocycles.